The Morgan fingerprint density at radius 2 is 2.00 bits per heavy atom. The van der Waals surface area contributed by atoms with E-state index in [9.17, 15) is 0 Å². The van der Waals surface area contributed by atoms with Gasteiger partial charge in [-0.05, 0) is 37.5 Å². The molecule has 0 aromatic carbocycles. The maximum absolute atomic E-state index is 6.32. The molecule has 1 heteroatoms. The van der Waals surface area contributed by atoms with Gasteiger partial charge in [-0.25, -0.2) is 0 Å². The van der Waals surface area contributed by atoms with E-state index in [4.69, 9.17) is 5.73 Å². The molecule has 3 atom stereocenters. The molecule has 0 aromatic rings. The zero-order chi connectivity index (χ0) is 9.19. The minimum atomic E-state index is 0.181. The first-order valence-electron chi connectivity index (χ1n) is 5.36. The minimum absolute atomic E-state index is 0.181. The fraction of sp³-hybridized carbons (Fsp3) is 1.00. The van der Waals surface area contributed by atoms with Crippen molar-refractivity contribution in [2.75, 3.05) is 0 Å². The van der Waals surface area contributed by atoms with Gasteiger partial charge in [0.25, 0.3) is 0 Å². The van der Waals surface area contributed by atoms with E-state index >= 15 is 0 Å². The van der Waals surface area contributed by atoms with Gasteiger partial charge in [0.2, 0.25) is 0 Å². The Kier molecular flexibility index (Phi) is 3.16. The van der Waals surface area contributed by atoms with Crippen LogP contribution in [0.3, 0.4) is 0 Å². The van der Waals surface area contributed by atoms with E-state index < -0.39 is 0 Å². The van der Waals surface area contributed by atoms with Crippen LogP contribution in [0.2, 0.25) is 0 Å². The van der Waals surface area contributed by atoms with Gasteiger partial charge in [-0.15, -0.1) is 0 Å². The van der Waals surface area contributed by atoms with E-state index in [1.165, 1.54) is 32.1 Å². The summed E-state index contributed by atoms with van der Waals surface area (Å²) in [5.74, 6) is 1.72. The molecule has 1 aliphatic rings. The molecule has 1 saturated carbocycles. The van der Waals surface area contributed by atoms with Crippen molar-refractivity contribution >= 4 is 0 Å². The topological polar surface area (TPSA) is 26.0 Å². The van der Waals surface area contributed by atoms with Gasteiger partial charge in [0.15, 0.2) is 0 Å². The highest BCUT2D eigenvalue weighted by Gasteiger charge is 2.33. The summed E-state index contributed by atoms with van der Waals surface area (Å²) < 4.78 is 0. The molecular weight excluding hydrogens is 146 g/mol. The molecule has 0 aliphatic heterocycles. The van der Waals surface area contributed by atoms with Crippen LogP contribution in [0.4, 0.5) is 0 Å². The van der Waals surface area contributed by atoms with Crippen molar-refractivity contribution in [2.45, 2.75) is 58.4 Å². The van der Waals surface area contributed by atoms with Gasteiger partial charge >= 0.3 is 0 Å². The van der Waals surface area contributed by atoms with Gasteiger partial charge in [-0.3, -0.25) is 0 Å². The molecule has 0 aromatic heterocycles. The Hall–Kier alpha value is -0.0400. The van der Waals surface area contributed by atoms with E-state index in [1.54, 1.807) is 0 Å². The molecule has 0 spiro atoms. The lowest BCUT2D eigenvalue weighted by molar-refractivity contribution is 0.167. The SMILES string of the molecule is CCCC1(N)CCC(C)C(C)C1. The third-order valence-electron chi connectivity index (χ3n) is 3.55. The summed E-state index contributed by atoms with van der Waals surface area (Å²) in [6.45, 7) is 6.94. The van der Waals surface area contributed by atoms with Crippen molar-refractivity contribution < 1.29 is 0 Å². The summed E-state index contributed by atoms with van der Waals surface area (Å²) in [5, 5.41) is 0. The Bertz CT molecular complexity index is 144. The molecule has 2 N–H and O–H groups in total. The van der Waals surface area contributed by atoms with Crippen molar-refractivity contribution in [1.29, 1.82) is 0 Å². The highest BCUT2D eigenvalue weighted by molar-refractivity contribution is 4.91. The van der Waals surface area contributed by atoms with Crippen LogP contribution in [0.5, 0.6) is 0 Å². The molecule has 3 unspecified atom stereocenters. The second-order valence-corrected chi connectivity index (χ2v) is 4.81. The van der Waals surface area contributed by atoms with Crippen LogP contribution in [-0.2, 0) is 0 Å². The Labute approximate surface area is 76.7 Å². The summed E-state index contributed by atoms with van der Waals surface area (Å²) in [6.07, 6.45) is 6.26. The van der Waals surface area contributed by atoms with Gasteiger partial charge in [0.1, 0.15) is 0 Å². The van der Waals surface area contributed by atoms with Crippen molar-refractivity contribution in [3.8, 4) is 0 Å². The van der Waals surface area contributed by atoms with Gasteiger partial charge in [-0.1, -0.05) is 27.2 Å². The van der Waals surface area contributed by atoms with E-state index in [2.05, 4.69) is 20.8 Å². The number of hydrogen-bond acceptors (Lipinski definition) is 1. The normalized spacial score (nSPS) is 43.0. The fourth-order valence-electron chi connectivity index (χ4n) is 2.47. The number of rotatable bonds is 2. The lowest BCUT2D eigenvalue weighted by Gasteiger charge is -2.40. The first-order chi connectivity index (χ1) is 5.57. The molecule has 1 nitrogen and oxygen atoms in total. The highest BCUT2D eigenvalue weighted by atomic mass is 14.7. The predicted molar refractivity (Wildman–Crippen MR) is 54.0 cm³/mol. The maximum atomic E-state index is 6.32. The van der Waals surface area contributed by atoms with Crippen molar-refractivity contribution in [3.63, 3.8) is 0 Å². The lowest BCUT2D eigenvalue weighted by atomic mass is 9.70. The molecule has 0 radical (unpaired) electrons. The maximum Gasteiger partial charge on any atom is 0.0157 e. The summed E-state index contributed by atoms with van der Waals surface area (Å²) in [7, 11) is 0. The van der Waals surface area contributed by atoms with E-state index in [-0.39, 0.29) is 5.54 Å². The fourth-order valence-corrected chi connectivity index (χ4v) is 2.47. The molecule has 0 amide bonds. The highest BCUT2D eigenvalue weighted by Crippen LogP contribution is 2.36. The van der Waals surface area contributed by atoms with Crippen LogP contribution in [0.15, 0.2) is 0 Å². The molecule has 1 aliphatic carbocycles. The molecular formula is C11H23N. The van der Waals surface area contributed by atoms with Crippen LogP contribution < -0.4 is 5.73 Å². The quantitative estimate of drug-likeness (QED) is 0.675. The first kappa shape index (κ1) is 10.0. The average Bonchev–Trinajstić information content (AvgIpc) is 1.98. The third-order valence-corrected chi connectivity index (χ3v) is 3.55. The first-order valence-corrected chi connectivity index (χ1v) is 5.36. The summed E-state index contributed by atoms with van der Waals surface area (Å²) in [4.78, 5) is 0. The number of nitrogens with two attached hydrogens (primary N) is 1. The molecule has 0 bridgehead atoms. The standard InChI is InChI=1S/C11H23N/c1-4-6-11(12)7-5-9(2)10(3)8-11/h9-10H,4-8,12H2,1-3H3. The van der Waals surface area contributed by atoms with Crippen LogP contribution in [0, 0.1) is 11.8 Å². The largest absolute Gasteiger partial charge is 0.325 e. The third kappa shape index (κ3) is 2.22. The van der Waals surface area contributed by atoms with Crippen LogP contribution in [-0.4, -0.2) is 5.54 Å². The van der Waals surface area contributed by atoms with E-state index in [0.717, 1.165) is 11.8 Å². The van der Waals surface area contributed by atoms with Crippen molar-refractivity contribution in [2.24, 2.45) is 17.6 Å². The molecule has 0 saturated heterocycles. The smallest absolute Gasteiger partial charge is 0.0157 e. The van der Waals surface area contributed by atoms with Gasteiger partial charge < -0.3 is 5.73 Å². The van der Waals surface area contributed by atoms with Crippen LogP contribution in [0.1, 0.15) is 52.9 Å². The van der Waals surface area contributed by atoms with Gasteiger partial charge in [-0.2, -0.15) is 0 Å². The monoisotopic (exact) mass is 169 g/mol. The Morgan fingerprint density at radius 3 is 2.50 bits per heavy atom. The summed E-state index contributed by atoms with van der Waals surface area (Å²) in [6, 6.07) is 0. The molecule has 12 heavy (non-hydrogen) atoms. The predicted octanol–water partition coefficient (Wildman–Crippen LogP) is 2.94. The van der Waals surface area contributed by atoms with Crippen LogP contribution >= 0.6 is 0 Å². The molecule has 1 rings (SSSR count). The lowest BCUT2D eigenvalue weighted by Crippen LogP contribution is -2.45. The van der Waals surface area contributed by atoms with Crippen molar-refractivity contribution in [3.05, 3.63) is 0 Å². The van der Waals surface area contributed by atoms with Gasteiger partial charge in [0, 0.05) is 5.54 Å². The van der Waals surface area contributed by atoms with Crippen molar-refractivity contribution in [1.82, 2.24) is 0 Å². The molecule has 72 valence electrons. The summed E-state index contributed by atoms with van der Waals surface area (Å²) >= 11 is 0. The average molecular weight is 169 g/mol. The number of hydrogen-bond donors (Lipinski definition) is 1. The zero-order valence-electron chi connectivity index (χ0n) is 8.77. The van der Waals surface area contributed by atoms with E-state index in [0.29, 0.717) is 0 Å². The Balaban J connectivity index is 2.48. The Morgan fingerprint density at radius 1 is 1.33 bits per heavy atom. The molecule has 1 fully saturated rings. The van der Waals surface area contributed by atoms with Gasteiger partial charge in [0.05, 0.1) is 0 Å². The second-order valence-electron chi connectivity index (χ2n) is 4.81. The minimum Gasteiger partial charge on any atom is -0.325 e. The second kappa shape index (κ2) is 3.78. The van der Waals surface area contributed by atoms with Crippen LogP contribution in [0.25, 0.3) is 0 Å². The van der Waals surface area contributed by atoms with E-state index in [1.807, 2.05) is 0 Å². The summed E-state index contributed by atoms with van der Waals surface area (Å²) in [5.41, 5.74) is 6.50. The molecule has 0 heterocycles. The zero-order valence-corrected chi connectivity index (χ0v) is 8.77.